The summed E-state index contributed by atoms with van der Waals surface area (Å²) in [4.78, 5) is 15.4. The highest BCUT2D eigenvalue weighted by Crippen LogP contribution is 2.29. The molecule has 9 nitrogen and oxygen atoms in total. The highest BCUT2D eigenvalue weighted by atomic mass is 16.5. The van der Waals surface area contributed by atoms with Crippen LogP contribution >= 0.6 is 0 Å². The summed E-state index contributed by atoms with van der Waals surface area (Å²) in [6.07, 6.45) is 18.3. The van der Waals surface area contributed by atoms with Gasteiger partial charge >= 0.3 is 0 Å². The third-order valence-electron chi connectivity index (χ3n) is 5.46. The SMILES string of the molecule is Cn1nc(-c2cccnc2NCc2ccncc2)nc1N(CC1=CC=CCC1)C1=COC=CO1. The number of allylic oxidation sites excluding steroid dienone is 3. The van der Waals surface area contributed by atoms with Gasteiger partial charge in [-0.25, -0.2) is 9.67 Å². The third-order valence-corrected chi connectivity index (χ3v) is 5.46. The van der Waals surface area contributed by atoms with Crippen LogP contribution < -0.4 is 10.2 Å². The molecule has 2 aliphatic rings. The molecule has 0 atom stereocenters. The molecule has 0 radical (unpaired) electrons. The van der Waals surface area contributed by atoms with Crippen molar-refractivity contribution in [3.63, 3.8) is 0 Å². The van der Waals surface area contributed by atoms with Crippen LogP contribution in [0.3, 0.4) is 0 Å². The number of rotatable bonds is 8. The van der Waals surface area contributed by atoms with E-state index in [1.165, 1.54) is 18.1 Å². The van der Waals surface area contributed by atoms with Gasteiger partial charge in [0, 0.05) is 32.2 Å². The summed E-state index contributed by atoms with van der Waals surface area (Å²) in [5, 5.41) is 8.10. The van der Waals surface area contributed by atoms with Gasteiger partial charge < -0.3 is 14.8 Å². The highest BCUT2D eigenvalue weighted by Gasteiger charge is 2.24. The Morgan fingerprint density at radius 1 is 1.15 bits per heavy atom. The van der Waals surface area contributed by atoms with E-state index in [0.29, 0.717) is 36.6 Å². The minimum Gasteiger partial charge on any atom is -0.464 e. The van der Waals surface area contributed by atoms with Crippen molar-refractivity contribution < 1.29 is 9.47 Å². The first-order valence-electron chi connectivity index (χ1n) is 11.1. The average molecular weight is 456 g/mol. The molecule has 172 valence electrons. The molecule has 0 fully saturated rings. The van der Waals surface area contributed by atoms with Crippen molar-refractivity contribution in [3.8, 4) is 11.4 Å². The van der Waals surface area contributed by atoms with Crippen molar-refractivity contribution in [2.75, 3.05) is 16.8 Å². The molecule has 0 unspecified atom stereocenters. The molecule has 1 aliphatic heterocycles. The maximum Gasteiger partial charge on any atom is 0.238 e. The molecule has 0 saturated heterocycles. The lowest BCUT2D eigenvalue weighted by Crippen LogP contribution is -2.29. The molecular weight excluding hydrogens is 430 g/mol. The fraction of sp³-hybridized carbons (Fsp3) is 0.200. The van der Waals surface area contributed by atoms with Gasteiger partial charge in [-0.3, -0.25) is 9.88 Å². The van der Waals surface area contributed by atoms with E-state index in [1.807, 2.05) is 36.2 Å². The molecule has 3 aromatic rings. The largest absolute Gasteiger partial charge is 0.464 e. The smallest absolute Gasteiger partial charge is 0.238 e. The lowest BCUT2D eigenvalue weighted by Gasteiger charge is -2.26. The minimum atomic E-state index is 0.544. The van der Waals surface area contributed by atoms with Gasteiger partial charge in [-0.05, 0) is 42.7 Å². The summed E-state index contributed by atoms with van der Waals surface area (Å²) in [6, 6.07) is 7.77. The number of pyridine rings is 2. The predicted molar refractivity (Wildman–Crippen MR) is 129 cm³/mol. The summed E-state index contributed by atoms with van der Waals surface area (Å²) in [6.45, 7) is 1.23. The molecular formula is C25H25N7O2. The Morgan fingerprint density at radius 2 is 2.06 bits per heavy atom. The average Bonchev–Trinajstić information content (AvgIpc) is 3.29. The van der Waals surface area contributed by atoms with Crippen molar-refractivity contribution >= 4 is 11.8 Å². The number of aromatic nitrogens is 5. The van der Waals surface area contributed by atoms with Gasteiger partial charge in [-0.1, -0.05) is 23.8 Å². The molecule has 9 heteroatoms. The monoisotopic (exact) mass is 455 g/mol. The summed E-state index contributed by atoms with van der Waals surface area (Å²) in [5.74, 6) is 2.46. The second-order valence-electron chi connectivity index (χ2n) is 7.83. The standard InChI is InChI=1S/C25H25N7O2/c1-31-25(32(22-18-33-14-15-34-22)17-20-6-3-2-4-7-20)29-24(30-31)21-8-5-11-27-23(21)28-16-19-9-12-26-13-10-19/h2-3,5-6,8-15,18H,4,7,16-17H2,1H3,(H,27,28). The van der Waals surface area contributed by atoms with Crippen molar-refractivity contribution in [2.45, 2.75) is 19.4 Å². The Kier molecular flexibility index (Phi) is 6.33. The Bertz CT molecular complexity index is 1260. The summed E-state index contributed by atoms with van der Waals surface area (Å²) in [7, 11) is 1.87. The zero-order chi connectivity index (χ0) is 23.2. The number of ether oxygens (including phenoxy) is 2. The molecule has 3 aromatic heterocycles. The Morgan fingerprint density at radius 3 is 2.85 bits per heavy atom. The van der Waals surface area contributed by atoms with Gasteiger partial charge in [0.05, 0.1) is 12.1 Å². The van der Waals surface area contributed by atoms with E-state index in [1.54, 1.807) is 29.5 Å². The lowest BCUT2D eigenvalue weighted by molar-refractivity contribution is 0.247. The molecule has 0 saturated carbocycles. The second kappa shape index (κ2) is 10.0. The van der Waals surface area contributed by atoms with E-state index < -0.39 is 0 Å². The topological polar surface area (TPSA) is 90.2 Å². The van der Waals surface area contributed by atoms with Crippen LogP contribution in [0.15, 0.2) is 91.3 Å². The fourth-order valence-electron chi connectivity index (χ4n) is 3.75. The van der Waals surface area contributed by atoms with Gasteiger partial charge in [0.1, 0.15) is 18.3 Å². The van der Waals surface area contributed by atoms with E-state index in [2.05, 4.69) is 33.5 Å². The van der Waals surface area contributed by atoms with Crippen molar-refractivity contribution in [3.05, 3.63) is 96.9 Å². The van der Waals surface area contributed by atoms with E-state index in [9.17, 15) is 0 Å². The van der Waals surface area contributed by atoms with Crippen molar-refractivity contribution in [2.24, 2.45) is 7.05 Å². The van der Waals surface area contributed by atoms with Crippen LogP contribution in [-0.4, -0.2) is 31.3 Å². The molecule has 0 amide bonds. The highest BCUT2D eigenvalue weighted by molar-refractivity contribution is 5.70. The normalized spacial score (nSPS) is 14.6. The van der Waals surface area contributed by atoms with Crippen LogP contribution in [0.2, 0.25) is 0 Å². The van der Waals surface area contributed by atoms with Crippen LogP contribution in [0.5, 0.6) is 0 Å². The Balaban J connectivity index is 1.45. The van der Waals surface area contributed by atoms with E-state index >= 15 is 0 Å². The Labute approximate surface area is 197 Å². The number of hydrogen-bond acceptors (Lipinski definition) is 8. The van der Waals surface area contributed by atoms with Crippen LogP contribution in [0.4, 0.5) is 11.8 Å². The first-order valence-corrected chi connectivity index (χ1v) is 11.1. The second-order valence-corrected chi connectivity index (χ2v) is 7.83. The molecule has 0 aromatic carbocycles. The fourth-order valence-corrected chi connectivity index (χ4v) is 3.75. The number of anilines is 2. The summed E-state index contributed by atoms with van der Waals surface area (Å²) >= 11 is 0. The van der Waals surface area contributed by atoms with Crippen molar-refractivity contribution in [1.29, 1.82) is 0 Å². The van der Waals surface area contributed by atoms with Gasteiger partial charge in [-0.2, -0.15) is 4.98 Å². The van der Waals surface area contributed by atoms with Gasteiger partial charge in [0.2, 0.25) is 11.8 Å². The maximum atomic E-state index is 5.74. The Hall–Kier alpha value is -4.40. The zero-order valence-electron chi connectivity index (χ0n) is 18.8. The van der Waals surface area contributed by atoms with E-state index in [0.717, 1.165) is 24.0 Å². The molecule has 34 heavy (non-hydrogen) atoms. The number of hydrogen-bond donors (Lipinski definition) is 1. The summed E-state index contributed by atoms with van der Waals surface area (Å²) < 4.78 is 12.9. The van der Waals surface area contributed by atoms with E-state index in [4.69, 9.17) is 19.6 Å². The van der Waals surface area contributed by atoms with Crippen LogP contribution in [0.1, 0.15) is 18.4 Å². The first kappa shape index (κ1) is 21.4. The summed E-state index contributed by atoms with van der Waals surface area (Å²) in [5.41, 5.74) is 3.19. The van der Waals surface area contributed by atoms with Gasteiger partial charge in [-0.15, -0.1) is 5.10 Å². The minimum absolute atomic E-state index is 0.544. The molecule has 1 aliphatic carbocycles. The first-order chi connectivity index (χ1) is 16.8. The van der Waals surface area contributed by atoms with Crippen LogP contribution in [-0.2, 0) is 23.1 Å². The lowest BCUT2D eigenvalue weighted by atomic mass is 10.1. The molecule has 4 heterocycles. The predicted octanol–water partition coefficient (Wildman–Crippen LogP) is 4.28. The number of nitrogens with zero attached hydrogens (tertiary/aromatic N) is 6. The quantitative estimate of drug-likeness (QED) is 0.538. The molecule has 1 N–H and O–H groups in total. The molecule has 0 bridgehead atoms. The van der Waals surface area contributed by atoms with Crippen molar-refractivity contribution in [1.82, 2.24) is 24.7 Å². The molecule has 5 rings (SSSR count). The van der Waals surface area contributed by atoms with Gasteiger partial charge in [0.15, 0.2) is 12.1 Å². The number of nitrogens with one attached hydrogen (secondary N) is 1. The zero-order valence-corrected chi connectivity index (χ0v) is 18.8. The maximum absolute atomic E-state index is 5.74. The van der Waals surface area contributed by atoms with E-state index in [-0.39, 0.29) is 0 Å². The third kappa shape index (κ3) is 4.83. The number of aryl methyl sites for hydroxylation is 1. The van der Waals surface area contributed by atoms with Crippen LogP contribution in [0.25, 0.3) is 11.4 Å². The van der Waals surface area contributed by atoms with Crippen LogP contribution in [0, 0.1) is 0 Å². The van der Waals surface area contributed by atoms with Gasteiger partial charge in [0.25, 0.3) is 0 Å². The molecule has 0 spiro atoms.